The third-order valence-electron chi connectivity index (χ3n) is 10.3. The molecule has 12 nitrogen and oxygen atoms in total. The molecule has 0 amide bonds. The third kappa shape index (κ3) is 8.07. The van der Waals surface area contributed by atoms with E-state index in [-0.39, 0.29) is 43.5 Å². The van der Waals surface area contributed by atoms with Crippen LogP contribution >= 0.6 is 0 Å². The van der Waals surface area contributed by atoms with Crippen molar-refractivity contribution in [3.63, 3.8) is 0 Å². The minimum absolute atomic E-state index is 0.0357. The lowest BCUT2D eigenvalue weighted by atomic mass is 9.73. The zero-order valence-corrected chi connectivity index (χ0v) is 29.9. The molecule has 3 heterocycles. The summed E-state index contributed by atoms with van der Waals surface area (Å²) in [6, 6.07) is -0.0357. The molecule has 3 rings (SSSR count). The van der Waals surface area contributed by atoms with Gasteiger partial charge in [-0.3, -0.25) is 19.4 Å². The second kappa shape index (κ2) is 15.6. The van der Waals surface area contributed by atoms with Crippen LogP contribution in [0.4, 0.5) is 0 Å². The maximum atomic E-state index is 14.2. The molecule has 12 heteroatoms. The molecule has 0 saturated carbocycles. The van der Waals surface area contributed by atoms with E-state index in [9.17, 15) is 19.5 Å². The molecule has 0 aromatic carbocycles. The Morgan fingerprint density at radius 1 is 1.04 bits per heavy atom. The number of carbonyl (C=O) groups is 3. The number of rotatable bonds is 5. The van der Waals surface area contributed by atoms with E-state index in [0.29, 0.717) is 12.8 Å². The Labute approximate surface area is 274 Å². The van der Waals surface area contributed by atoms with Crippen molar-refractivity contribution in [2.45, 2.75) is 129 Å². The second-order valence-corrected chi connectivity index (χ2v) is 14.2. The van der Waals surface area contributed by atoms with Gasteiger partial charge in [0.25, 0.3) is 0 Å². The van der Waals surface area contributed by atoms with Gasteiger partial charge in [0, 0.05) is 37.7 Å². The molecule has 46 heavy (non-hydrogen) atoms. The number of cyclic esters (lactones) is 1. The molecule has 0 aromatic heterocycles. The average molecular weight is 655 g/mol. The van der Waals surface area contributed by atoms with Crippen molar-refractivity contribution in [3.05, 3.63) is 0 Å². The van der Waals surface area contributed by atoms with Crippen LogP contribution in [0.2, 0.25) is 0 Å². The van der Waals surface area contributed by atoms with Crippen molar-refractivity contribution in [3.8, 4) is 0 Å². The Balaban J connectivity index is 2.25. The van der Waals surface area contributed by atoms with Crippen molar-refractivity contribution in [2.75, 3.05) is 41.5 Å². The number of ketones is 2. The summed E-state index contributed by atoms with van der Waals surface area (Å²) in [5.41, 5.74) is -2.23. The first-order valence-corrected chi connectivity index (χ1v) is 16.6. The number of ether oxygens (including phenoxy) is 6. The number of fused-ring (bicyclic) bond motifs is 5. The highest BCUT2D eigenvalue weighted by Crippen LogP contribution is 2.40. The van der Waals surface area contributed by atoms with Gasteiger partial charge in [-0.05, 0) is 67.0 Å². The molecule has 0 spiro atoms. The first kappa shape index (κ1) is 38.6. The summed E-state index contributed by atoms with van der Waals surface area (Å²) in [4.78, 5) is 47.8. The third-order valence-corrected chi connectivity index (χ3v) is 10.3. The quantitative estimate of drug-likeness (QED) is 0.345. The van der Waals surface area contributed by atoms with Gasteiger partial charge in [-0.15, -0.1) is 0 Å². The van der Waals surface area contributed by atoms with Gasteiger partial charge in [0.15, 0.2) is 17.9 Å². The topological polar surface area (TPSA) is 142 Å². The largest absolute Gasteiger partial charge is 0.459 e. The maximum absolute atomic E-state index is 14.2. The van der Waals surface area contributed by atoms with E-state index in [1.54, 1.807) is 34.9 Å². The Morgan fingerprint density at radius 3 is 2.26 bits per heavy atom. The van der Waals surface area contributed by atoms with Crippen molar-refractivity contribution in [1.82, 2.24) is 4.90 Å². The van der Waals surface area contributed by atoms with Crippen LogP contribution in [0.15, 0.2) is 4.99 Å². The Hall–Kier alpha value is -1.80. The van der Waals surface area contributed by atoms with E-state index in [2.05, 4.69) is 9.89 Å². The summed E-state index contributed by atoms with van der Waals surface area (Å²) in [7, 11) is 7.22. The fraction of sp³-hybridized carbons (Fsp3) is 0.882. The highest BCUT2D eigenvalue weighted by atomic mass is 16.7. The number of aliphatic imine (C=N–C) groups is 1. The maximum Gasteiger partial charge on any atom is 0.316 e. The first-order chi connectivity index (χ1) is 21.4. The summed E-state index contributed by atoms with van der Waals surface area (Å²) in [6.45, 7) is 13.6. The number of aliphatic hydroxyl groups is 1. The Kier molecular flexibility index (Phi) is 13.1. The van der Waals surface area contributed by atoms with Gasteiger partial charge in [-0.1, -0.05) is 27.7 Å². The van der Waals surface area contributed by atoms with Gasteiger partial charge >= 0.3 is 5.97 Å². The predicted molar refractivity (Wildman–Crippen MR) is 172 cm³/mol. The van der Waals surface area contributed by atoms with Crippen LogP contribution < -0.4 is 0 Å². The number of nitrogens with zero attached hydrogens (tertiary/aromatic N) is 2. The van der Waals surface area contributed by atoms with E-state index < -0.39 is 71.4 Å². The number of hydrogen-bond donors (Lipinski definition) is 1. The first-order valence-electron chi connectivity index (χ1n) is 16.6. The van der Waals surface area contributed by atoms with Crippen molar-refractivity contribution >= 4 is 23.2 Å². The highest BCUT2D eigenvalue weighted by molar-refractivity contribution is 6.00. The molecule has 0 unspecified atom stereocenters. The van der Waals surface area contributed by atoms with Gasteiger partial charge in [0.1, 0.15) is 36.9 Å². The van der Waals surface area contributed by atoms with Crippen LogP contribution in [-0.4, -0.2) is 129 Å². The molecule has 13 atom stereocenters. The molecule has 2 bridgehead atoms. The molecule has 1 N–H and O–H groups in total. The zero-order chi connectivity index (χ0) is 34.7. The summed E-state index contributed by atoms with van der Waals surface area (Å²) >= 11 is 0. The normalized spacial score (nSPS) is 44.8. The fourth-order valence-electron chi connectivity index (χ4n) is 7.82. The summed E-state index contributed by atoms with van der Waals surface area (Å²) in [6.07, 6.45) is -3.23. The minimum atomic E-state index is -1.71. The summed E-state index contributed by atoms with van der Waals surface area (Å²) in [5.74, 6) is -4.33. The second-order valence-electron chi connectivity index (χ2n) is 14.2. The number of esters is 1. The zero-order valence-electron chi connectivity index (χ0n) is 29.9. The molecule has 0 aromatic rings. The number of carbonyl (C=O) groups excluding carboxylic acids is 3. The lowest BCUT2D eigenvalue weighted by molar-refractivity contribution is -0.300. The van der Waals surface area contributed by atoms with Crippen LogP contribution in [0.5, 0.6) is 0 Å². The van der Waals surface area contributed by atoms with Crippen LogP contribution in [0.1, 0.15) is 74.7 Å². The van der Waals surface area contributed by atoms with Gasteiger partial charge in [-0.2, -0.15) is 0 Å². The summed E-state index contributed by atoms with van der Waals surface area (Å²) in [5, 5.41) is 12.0. The van der Waals surface area contributed by atoms with Gasteiger partial charge in [-0.25, -0.2) is 0 Å². The molecular weight excluding hydrogens is 596 g/mol. The number of Topliss-reactive ketones (excluding diaryl/α,β-unsaturated/α-hetero) is 2. The van der Waals surface area contributed by atoms with Crippen LogP contribution in [0, 0.1) is 23.7 Å². The van der Waals surface area contributed by atoms with E-state index in [1.165, 1.54) is 6.92 Å². The van der Waals surface area contributed by atoms with Gasteiger partial charge < -0.3 is 38.4 Å². The Bertz CT molecular complexity index is 1110. The number of likely N-dealkylation sites (N-methyl/N-ethyl adjacent to an activating group) is 1. The fourth-order valence-corrected chi connectivity index (χ4v) is 7.82. The monoisotopic (exact) mass is 654 g/mol. The molecule has 0 radical (unpaired) electrons. The molecule has 264 valence electrons. The lowest BCUT2D eigenvalue weighted by Gasteiger charge is -2.48. The van der Waals surface area contributed by atoms with E-state index >= 15 is 0 Å². The Morgan fingerprint density at radius 2 is 1.70 bits per heavy atom. The van der Waals surface area contributed by atoms with Crippen molar-refractivity contribution < 1.29 is 47.9 Å². The van der Waals surface area contributed by atoms with E-state index in [4.69, 9.17) is 28.4 Å². The van der Waals surface area contributed by atoms with Crippen molar-refractivity contribution in [1.29, 1.82) is 0 Å². The van der Waals surface area contributed by atoms with E-state index in [0.717, 1.165) is 5.71 Å². The van der Waals surface area contributed by atoms with Gasteiger partial charge in [0.2, 0.25) is 0 Å². The summed E-state index contributed by atoms with van der Waals surface area (Å²) < 4.78 is 37.6. The molecule has 3 aliphatic heterocycles. The van der Waals surface area contributed by atoms with E-state index in [1.807, 2.05) is 41.8 Å². The highest BCUT2D eigenvalue weighted by Gasteiger charge is 2.53. The molecule has 3 saturated heterocycles. The van der Waals surface area contributed by atoms with Crippen molar-refractivity contribution in [2.24, 2.45) is 28.7 Å². The van der Waals surface area contributed by atoms with Crippen LogP contribution in [0.25, 0.3) is 0 Å². The average Bonchev–Trinajstić information content (AvgIpc) is 3.00. The SMILES string of the molecule is CC[C@H]1OC(=O)[C@H](C)C(=O)[C@H](C)[C@@H](O[C@@H]2O[C@H](C)C[C@H](N(C)C)[C@H]2OC)[C@@]2(C)C[C@@H](C)/C(=N\C)[C@H](C)[C@@H](OCC(=O)CO2)[C@]1(C)O. The molecular formula is C34H58N2O10. The number of methoxy groups -OCH3 is 1. The molecule has 3 aliphatic rings. The minimum Gasteiger partial charge on any atom is -0.459 e. The molecule has 3 fully saturated rings. The predicted octanol–water partition coefficient (Wildman–Crippen LogP) is 2.86. The van der Waals surface area contributed by atoms with Crippen LogP contribution in [-0.2, 0) is 42.8 Å². The van der Waals surface area contributed by atoms with Gasteiger partial charge in [0.05, 0.1) is 23.9 Å². The van der Waals surface area contributed by atoms with Crippen LogP contribution in [0.3, 0.4) is 0 Å². The number of hydrogen-bond acceptors (Lipinski definition) is 12. The lowest BCUT2D eigenvalue weighted by Crippen LogP contribution is -2.60. The standard InChI is InChI=1S/C34H58N2O10/c1-13-25-34(8,40)30-20(4)26(35-9)18(2)15-33(7,43-17-23(37)16-42-30)29(21(5)27(38)22(6)31(39)45-25)46-32-28(41-12)24(36(10)11)14-19(3)44-32/h18-22,24-25,28-30,32,40H,13-17H2,1-12H3/b35-26+/t18-,19-,20+,21+,22-,24+,25-,28-,29-,30-,32+,33-,34-/m1/s1. The molecule has 0 aliphatic carbocycles. The smallest absolute Gasteiger partial charge is 0.316 e.